The Kier molecular flexibility index (Phi) is 5.98. The van der Waals surface area contributed by atoms with Crippen molar-refractivity contribution in [2.24, 2.45) is 0 Å². The van der Waals surface area contributed by atoms with Crippen LogP contribution in [0.25, 0.3) is 0 Å². The van der Waals surface area contributed by atoms with Gasteiger partial charge in [-0.2, -0.15) is 0 Å². The summed E-state index contributed by atoms with van der Waals surface area (Å²) in [6.45, 7) is 4.60. The second-order valence-corrected chi connectivity index (χ2v) is 5.77. The highest BCUT2D eigenvalue weighted by atomic mass is 16.5. The molecular weight excluding hydrogens is 288 g/mol. The van der Waals surface area contributed by atoms with E-state index in [1.165, 1.54) is 5.57 Å². The van der Waals surface area contributed by atoms with Crippen molar-refractivity contribution in [2.45, 2.75) is 33.3 Å². The van der Waals surface area contributed by atoms with Crippen LogP contribution in [0.2, 0.25) is 0 Å². The molecule has 3 nitrogen and oxygen atoms in total. The van der Waals surface area contributed by atoms with Gasteiger partial charge in [0.15, 0.2) is 0 Å². The first-order chi connectivity index (χ1) is 11.0. The first-order valence-corrected chi connectivity index (χ1v) is 7.68. The summed E-state index contributed by atoms with van der Waals surface area (Å²) in [4.78, 5) is 10.9. The monoisotopic (exact) mass is 310 g/mol. The fraction of sp³-hybridized carbons (Fsp3) is 0.250. The molecule has 0 spiro atoms. The lowest BCUT2D eigenvalue weighted by molar-refractivity contribution is -0.136. The SMILES string of the molecule is CC(C)=CCc1cc(CC(=O)O)ccc1OCc1ccccc1. The summed E-state index contributed by atoms with van der Waals surface area (Å²) in [5.41, 5.74) is 4.14. The van der Waals surface area contributed by atoms with Crippen molar-refractivity contribution < 1.29 is 14.6 Å². The molecule has 0 heterocycles. The van der Waals surface area contributed by atoms with Crippen LogP contribution < -0.4 is 4.74 Å². The van der Waals surface area contributed by atoms with Crippen molar-refractivity contribution in [2.75, 3.05) is 0 Å². The molecule has 0 amide bonds. The van der Waals surface area contributed by atoms with Gasteiger partial charge >= 0.3 is 5.97 Å². The Bertz CT molecular complexity index is 683. The van der Waals surface area contributed by atoms with Gasteiger partial charge in [-0.05, 0) is 43.0 Å². The van der Waals surface area contributed by atoms with Crippen LogP contribution >= 0.6 is 0 Å². The second-order valence-electron chi connectivity index (χ2n) is 5.77. The molecule has 120 valence electrons. The maximum absolute atomic E-state index is 10.9. The molecule has 0 bridgehead atoms. The maximum Gasteiger partial charge on any atom is 0.307 e. The van der Waals surface area contributed by atoms with Crippen LogP contribution in [0.3, 0.4) is 0 Å². The van der Waals surface area contributed by atoms with E-state index in [0.717, 1.165) is 28.9 Å². The normalized spacial score (nSPS) is 10.2. The van der Waals surface area contributed by atoms with Crippen molar-refractivity contribution in [1.82, 2.24) is 0 Å². The van der Waals surface area contributed by atoms with Gasteiger partial charge in [0.05, 0.1) is 6.42 Å². The highest BCUT2D eigenvalue weighted by molar-refractivity contribution is 5.70. The molecule has 3 heteroatoms. The summed E-state index contributed by atoms with van der Waals surface area (Å²) in [5, 5.41) is 8.95. The van der Waals surface area contributed by atoms with Crippen molar-refractivity contribution in [3.8, 4) is 5.75 Å². The van der Waals surface area contributed by atoms with E-state index in [2.05, 4.69) is 6.08 Å². The van der Waals surface area contributed by atoms with E-state index in [9.17, 15) is 4.79 Å². The quantitative estimate of drug-likeness (QED) is 0.771. The maximum atomic E-state index is 10.9. The average Bonchev–Trinajstić information content (AvgIpc) is 2.52. The summed E-state index contributed by atoms with van der Waals surface area (Å²) in [5.74, 6) is -0.0170. The molecule has 0 aliphatic heterocycles. The molecule has 0 unspecified atom stereocenters. The zero-order valence-electron chi connectivity index (χ0n) is 13.6. The Morgan fingerprint density at radius 1 is 1.09 bits per heavy atom. The second kappa shape index (κ2) is 8.18. The Morgan fingerprint density at radius 3 is 2.48 bits per heavy atom. The third kappa shape index (κ3) is 5.62. The first kappa shape index (κ1) is 16.8. The number of rotatable bonds is 7. The van der Waals surface area contributed by atoms with Gasteiger partial charge < -0.3 is 9.84 Å². The molecule has 0 radical (unpaired) electrons. The van der Waals surface area contributed by atoms with Gasteiger partial charge in [0.25, 0.3) is 0 Å². The smallest absolute Gasteiger partial charge is 0.307 e. The van der Waals surface area contributed by atoms with Crippen LogP contribution in [0.15, 0.2) is 60.2 Å². The van der Waals surface area contributed by atoms with E-state index in [1.54, 1.807) is 0 Å². The van der Waals surface area contributed by atoms with Crippen LogP contribution in [-0.4, -0.2) is 11.1 Å². The van der Waals surface area contributed by atoms with Gasteiger partial charge in [-0.25, -0.2) is 0 Å². The minimum Gasteiger partial charge on any atom is -0.489 e. The van der Waals surface area contributed by atoms with Gasteiger partial charge in [0.1, 0.15) is 12.4 Å². The van der Waals surface area contributed by atoms with Crippen LogP contribution in [0.1, 0.15) is 30.5 Å². The molecule has 2 aromatic rings. The van der Waals surface area contributed by atoms with Crippen LogP contribution in [0.5, 0.6) is 5.75 Å². The number of carboxylic acid groups (broad SMARTS) is 1. The number of hydrogen-bond donors (Lipinski definition) is 1. The number of carbonyl (C=O) groups is 1. The predicted molar refractivity (Wildman–Crippen MR) is 91.7 cm³/mol. The molecule has 0 saturated heterocycles. The molecule has 0 aromatic heterocycles. The van der Waals surface area contributed by atoms with E-state index >= 15 is 0 Å². The van der Waals surface area contributed by atoms with Crippen LogP contribution in [0, 0.1) is 0 Å². The molecule has 23 heavy (non-hydrogen) atoms. The number of allylic oxidation sites excluding steroid dienone is 2. The molecule has 0 saturated carbocycles. The highest BCUT2D eigenvalue weighted by Crippen LogP contribution is 2.23. The lowest BCUT2D eigenvalue weighted by Gasteiger charge is -2.12. The summed E-state index contributed by atoms with van der Waals surface area (Å²) in [6, 6.07) is 15.6. The molecule has 0 fully saturated rings. The van der Waals surface area contributed by atoms with Crippen molar-refractivity contribution in [1.29, 1.82) is 0 Å². The third-order valence-corrected chi connectivity index (χ3v) is 3.45. The van der Waals surface area contributed by atoms with Crippen molar-refractivity contribution in [3.63, 3.8) is 0 Å². The Balaban J connectivity index is 2.18. The van der Waals surface area contributed by atoms with E-state index in [0.29, 0.717) is 6.61 Å². The topological polar surface area (TPSA) is 46.5 Å². The summed E-state index contributed by atoms with van der Waals surface area (Å²) in [7, 11) is 0. The van der Waals surface area contributed by atoms with Gasteiger partial charge in [-0.3, -0.25) is 4.79 Å². The zero-order valence-corrected chi connectivity index (χ0v) is 13.6. The number of carboxylic acids is 1. The molecule has 0 aliphatic rings. The molecule has 2 aromatic carbocycles. The van der Waals surface area contributed by atoms with E-state index in [-0.39, 0.29) is 6.42 Å². The molecule has 0 atom stereocenters. The van der Waals surface area contributed by atoms with E-state index < -0.39 is 5.97 Å². The highest BCUT2D eigenvalue weighted by Gasteiger charge is 2.07. The van der Waals surface area contributed by atoms with E-state index in [1.807, 2.05) is 62.4 Å². The largest absolute Gasteiger partial charge is 0.489 e. The number of aliphatic carboxylic acids is 1. The lowest BCUT2D eigenvalue weighted by Crippen LogP contribution is -2.03. The van der Waals surface area contributed by atoms with Gasteiger partial charge in [0.2, 0.25) is 0 Å². The number of ether oxygens (including phenoxy) is 1. The predicted octanol–water partition coefficient (Wildman–Crippen LogP) is 4.40. The van der Waals surface area contributed by atoms with Gasteiger partial charge in [-0.15, -0.1) is 0 Å². The summed E-state index contributed by atoms with van der Waals surface area (Å²) in [6.07, 6.45) is 2.88. The molecular formula is C20H22O3. The standard InChI is InChI=1S/C20H22O3/c1-15(2)8-10-18-12-17(13-20(21)22)9-11-19(18)23-14-16-6-4-3-5-7-16/h3-9,11-12H,10,13-14H2,1-2H3,(H,21,22). The summed E-state index contributed by atoms with van der Waals surface area (Å²) < 4.78 is 5.94. The minimum absolute atomic E-state index is 0.0286. The van der Waals surface area contributed by atoms with Crippen molar-refractivity contribution in [3.05, 3.63) is 76.9 Å². The first-order valence-electron chi connectivity index (χ1n) is 7.68. The van der Waals surface area contributed by atoms with Gasteiger partial charge in [-0.1, -0.05) is 54.1 Å². The Labute approximate surface area is 137 Å². The summed E-state index contributed by atoms with van der Waals surface area (Å²) >= 11 is 0. The van der Waals surface area contributed by atoms with E-state index in [4.69, 9.17) is 9.84 Å². The minimum atomic E-state index is -0.823. The fourth-order valence-corrected chi connectivity index (χ4v) is 2.27. The van der Waals surface area contributed by atoms with Crippen molar-refractivity contribution >= 4 is 5.97 Å². The van der Waals surface area contributed by atoms with Crippen LogP contribution in [0.4, 0.5) is 0 Å². The molecule has 1 N–H and O–H groups in total. The lowest BCUT2D eigenvalue weighted by atomic mass is 10.0. The molecule has 2 rings (SSSR count). The van der Waals surface area contributed by atoms with Gasteiger partial charge in [0, 0.05) is 0 Å². The fourth-order valence-electron chi connectivity index (χ4n) is 2.27. The Hall–Kier alpha value is -2.55. The zero-order chi connectivity index (χ0) is 16.7. The molecule has 0 aliphatic carbocycles. The average molecular weight is 310 g/mol. The number of hydrogen-bond acceptors (Lipinski definition) is 2. The Morgan fingerprint density at radius 2 is 1.83 bits per heavy atom. The third-order valence-electron chi connectivity index (χ3n) is 3.45. The van der Waals surface area contributed by atoms with Crippen LogP contribution in [-0.2, 0) is 24.2 Å². The number of benzene rings is 2.